The third kappa shape index (κ3) is 2.92. The molecule has 0 bridgehead atoms. The van der Waals surface area contributed by atoms with E-state index in [0.29, 0.717) is 12.1 Å². The van der Waals surface area contributed by atoms with E-state index >= 15 is 0 Å². The second kappa shape index (κ2) is 6.02. The molecule has 1 amide bonds. The monoisotopic (exact) mass is 341 g/mol. The number of carbonyl (C=O) groups excluding carboxylic acids is 2. The summed E-state index contributed by atoms with van der Waals surface area (Å²) < 4.78 is 6.50. The van der Waals surface area contributed by atoms with Crippen LogP contribution in [0.4, 0.5) is 5.69 Å². The Bertz CT molecular complexity index is 833. The summed E-state index contributed by atoms with van der Waals surface area (Å²) in [6.07, 6.45) is 0.457. The number of methoxy groups -OCH3 is 1. The van der Waals surface area contributed by atoms with Crippen LogP contribution in [0.1, 0.15) is 42.5 Å². The average molecular weight is 341 g/mol. The number of anilines is 1. The van der Waals surface area contributed by atoms with Gasteiger partial charge in [-0.1, -0.05) is 39.0 Å². The molecule has 0 saturated heterocycles. The van der Waals surface area contributed by atoms with Gasteiger partial charge in [-0.05, 0) is 17.7 Å². The number of nitrogens with zero attached hydrogens (tertiary/aromatic N) is 3. The number of para-hydroxylation sites is 1. The van der Waals surface area contributed by atoms with Gasteiger partial charge in [0.05, 0.1) is 12.8 Å². The van der Waals surface area contributed by atoms with Crippen LogP contribution in [0, 0.1) is 0 Å². The Hall–Kier alpha value is -2.63. The molecular weight excluding hydrogens is 318 g/mol. The zero-order valence-electron chi connectivity index (χ0n) is 15.2. The van der Waals surface area contributed by atoms with Crippen molar-refractivity contribution in [2.75, 3.05) is 12.0 Å². The minimum atomic E-state index is -0.650. The lowest BCUT2D eigenvalue weighted by molar-refractivity contribution is -0.141. The molecule has 1 aromatic heterocycles. The fraction of sp³-hybridized carbons (Fsp3) is 0.421. The first kappa shape index (κ1) is 17.2. The number of benzene rings is 1. The molecule has 0 spiro atoms. The van der Waals surface area contributed by atoms with Crippen LogP contribution in [-0.4, -0.2) is 34.8 Å². The summed E-state index contributed by atoms with van der Waals surface area (Å²) in [6, 6.07) is 8.71. The van der Waals surface area contributed by atoms with Gasteiger partial charge in [0.2, 0.25) is 0 Å². The first-order valence-electron chi connectivity index (χ1n) is 8.28. The Balaban J connectivity index is 2.05. The lowest BCUT2D eigenvalue weighted by atomic mass is 9.92. The van der Waals surface area contributed by atoms with Gasteiger partial charge in [0, 0.05) is 24.6 Å². The zero-order chi connectivity index (χ0) is 18.4. The lowest BCUT2D eigenvalue weighted by Gasteiger charge is -2.23. The van der Waals surface area contributed by atoms with E-state index in [1.807, 2.05) is 45.0 Å². The molecule has 0 radical (unpaired) electrons. The van der Waals surface area contributed by atoms with E-state index in [0.717, 1.165) is 16.9 Å². The summed E-state index contributed by atoms with van der Waals surface area (Å²) in [5.74, 6) is -0.659. The number of rotatable bonds is 2. The first-order valence-corrected chi connectivity index (χ1v) is 8.28. The van der Waals surface area contributed by atoms with Gasteiger partial charge in [0.1, 0.15) is 11.7 Å². The Labute approximate surface area is 147 Å². The SMILES string of the molecule is COC(=O)C1Cc2ccccc2N1C(=O)c1cc(C(C)(C)C)nn1C. The highest BCUT2D eigenvalue weighted by Crippen LogP contribution is 2.34. The van der Waals surface area contributed by atoms with Crippen molar-refractivity contribution in [3.63, 3.8) is 0 Å². The van der Waals surface area contributed by atoms with E-state index in [-0.39, 0.29) is 11.3 Å². The van der Waals surface area contributed by atoms with Crippen LogP contribution < -0.4 is 4.90 Å². The number of carbonyl (C=O) groups is 2. The normalized spacial score (nSPS) is 16.7. The van der Waals surface area contributed by atoms with Crippen molar-refractivity contribution in [3.05, 3.63) is 47.3 Å². The molecule has 6 nitrogen and oxygen atoms in total. The maximum Gasteiger partial charge on any atom is 0.329 e. The quantitative estimate of drug-likeness (QED) is 0.787. The summed E-state index contributed by atoms with van der Waals surface area (Å²) >= 11 is 0. The molecule has 3 rings (SSSR count). The van der Waals surface area contributed by atoms with Gasteiger partial charge in [-0.15, -0.1) is 0 Å². The number of amides is 1. The first-order chi connectivity index (χ1) is 11.7. The standard InChI is InChI=1S/C19H23N3O3/c1-19(2,3)16-11-14(21(4)20-16)17(23)22-13-9-7-6-8-12(13)10-15(22)18(24)25-5/h6-9,11,15H,10H2,1-5H3. The molecule has 2 heterocycles. The molecule has 1 atom stereocenters. The number of esters is 1. The fourth-order valence-electron chi connectivity index (χ4n) is 3.12. The summed E-state index contributed by atoms with van der Waals surface area (Å²) in [4.78, 5) is 27.0. The predicted molar refractivity (Wildman–Crippen MR) is 94.7 cm³/mol. The maximum absolute atomic E-state index is 13.3. The molecule has 0 aliphatic carbocycles. The van der Waals surface area contributed by atoms with Crippen LogP contribution in [0.15, 0.2) is 30.3 Å². The third-order valence-electron chi connectivity index (χ3n) is 4.54. The Morgan fingerprint density at radius 2 is 1.92 bits per heavy atom. The number of aromatic nitrogens is 2. The Morgan fingerprint density at radius 3 is 2.52 bits per heavy atom. The van der Waals surface area contributed by atoms with Gasteiger partial charge in [0.25, 0.3) is 5.91 Å². The fourth-order valence-corrected chi connectivity index (χ4v) is 3.12. The van der Waals surface area contributed by atoms with E-state index in [1.54, 1.807) is 17.8 Å². The van der Waals surface area contributed by atoms with Crippen molar-refractivity contribution >= 4 is 17.6 Å². The van der Waals surface area contributed by atoms with Crippen molar-refractivity contribution in [2.24, 2.45) is 7.05 Å². The summed E-state index contributed by atoms with van der Waals surface area (Å²) in [5.41, 5.74) is 2.84. The van der Waals surface area contributed by atoms with Crippen LogP contribution >= 0.6 is 0 Å². The van der Waals surface area contributed by atoms with E-state index in [9.17, 15) is 9.59 Å². The number of aryl methyl sites for hydroxylation is 1. The van der Waals surface area contributed by atoms with Crippen LogP contribution in [0.5, 0.6) is 0 Å². The average Bonchev–Trinajstić information content (AvgIpc) is 3.14. The number of hydrogen-bond donors (Lipinski definition) is 0. The zero-order valence-corrected chi connectivity index (χ0v) is 15.2. The van der Waals surface area contributed by atoms with Crippen LogP contribution in [0.25, 0.3) is 0 Å². The minimum absolute atomic E-state index is 0.166. The number of fused-ring (bicyclic) bond motifs is 1. The molecule has 0 N–H and O–H groups in total. The predicted octanol–water partition coefficient (Wildman–Crippen LogP) is 2.46. The van der Waals surface area contributed by atoms with Crippen molar-refractivity contribution in [2.45, 2.75) is 38.6 Å². The molecule has 1 aliphatic rings. The van der Waals surface area contributed by atoms with E-state index in [4.69, 9.17) is 4.74 Å². The highest BCUT2D eigenvalue weighted by atomic mass is 16.5. The van der Waals surface area contributed by atoms with Crippen molar-refractivity contribution in [3.8, 4) is 0 Å². The third-order valence-corrected chi connectivity index (χ3v) is 4.54. The summed E-state index contributed by atoms with van der Waals surface area (Å²) in [7, 11) is 3.09. The lowest BCUT2D eigenvalue weighted by Crippen LogP contribution is -2.44. The van der Waals surface area contributed by atoms with E-state index < -0.39 is 12.0 Å². The van der Waals surface area contributed by atoms with Gasteiger partial charge >= 0.3 is 5.97 Å². The van der Waals surface area contributed by atoms with Gasteiger partial charge in [-0.2, -0.15) is 5.10 Å². The second-order valence-corrected chi connectivity index (χ2v) is 7.34. The molecule has 0 fully saturated rings. The molecule has 1 aliphatic heterocycles. The molecule has 0 saturated carbocycles. The van der Waals surface area contributed by atoms with E-state index in [2.05, 4.69) is 5.10 Å². The molecule has 2 aromatic rings. The molecular formula is C19H23N3O3. The highest BCUT2D eigenvalue weighted by Gasteiger charge is 2.40. The van der Waals surface area contributed by atoms with Crippen LogP contribution in [0.2, 0.25) is 0 Å². The van der Waals surface area contributed by atoms with E-state index in [1.165, 1.54) is 12.0 Å². The van der Waals surface area contributed by atoms with Gasteiger partial charge in [-0.25, -0.2) is 4.79 Å². The van der Waals surface area contributed by atoms with Gasteiger partial charge in [-0.3, -0.25) is 14.4 Å². The highest BCUT2D eigenvalue weighted by molar-refractivity contribution is 6.10. The molecule has 1 aromatic carbocycles. The van der Waals surface area contributed by atoms with Crippen LogP contribution in [-0.2, 0) is 28.4 Å². The Morgan fingerprint density at radius 1 is 1.24 bits per heavy atom. The molecule has 1 unspecified atom stereocenters. The van der Waals surface area contributed by atoms with Gasteiger partial charge in [0.15, 0.2) is 0 Å². The topological polar surface area (TPSA) is 64.4 Å². The minimum Gasteiger partial charge on any atom is -0.467 e. The van der Waals surface area contributed by atoms with Gasteiger partial charge < -0.3 is 4.74 Å². The largest absolute Gasteiger partial charge is 0.467 e. The molecule has 6 heteroatoms. The molecule has 132 valence electrons. The maximum atomic E-state index is 13.3. The van der Waals surface area contributed by atoms with Crippen molar-refractivity contribution in [1.82, 2.24) is 9.78 Å². The van der Waals surface area contributed by atoms with Crippen molar-refractivity contribution < 1.29 is 14.3 Å². The Kier molecular flexibility index (Phi) is 4.14. The number of ether oxygens (including phenoxy) is 1. The summed E-state index contributed by atoms with van der Waals surface area (Å²) in [6.45, 7) is 6.14. The van der Waals surface area contributed by atoms with Crippen LogP contribution in [0.3, 0.4) is 0 Å². The van der Waals surface area contributed by atoms with Crippen molar-refractivity contribution in [1.29, 1.82) is 0 Å². The summed E-state index contributed by atoms with van der Waals surface area (Å²) in [5, 5.41) is 4.47. The molecule has 25 heavy (non-hydrogen) atoms. The number of hydrogen-bond acceptors (Lipinski definition) is 4. The second-order valence-electron chi connectivity index (χ2n) is 7.34. The smallest absolute Gasteiger partial charge is 0.329 e.